The Morgan fingerprint density at radius 2 is 2.09 bits per heavy atom. The van der Waals surface area contributed by atoms with Crippen LogP contribution in [0.25, 0.3) is 0 Å². The standard InChI is InChI=1S/C16H16N4O3/c1-22-12-6-2-10(3-7-12)8-13-15(21)20(9-17-13)16-18-14(23-19-16)11-4-5-11/h2-3,6-7,9,11,13H,4-5,8H2,1H3. The van der Waals surface area contributed by atoms with Crippen LogP contribution in [0.4, 0.5) is 5.95 Å². The summed E-state index contributed by atoms with van der Waals surface area (Å²) in [4.78, 5) is 22.4. The van der Waals surface area contributed by atoms with Gasteiger partial charge in [-0.2, -0.15) is 4.98 Å². The van der Waals surface area contributed by atoms with Gasteiger partial charge in [-0.15, -0.1) is 0 Å². The second-order valence-corrected chi connectivity index (χ2v) is 5.75. The lowest BCUT2D eigenvalue weighted by Crippen LogP contribution is -2.32. The molecule has 118 valence electrons. The number of aromatic nitrogens is 2. The second-order valence-electron chi connectivity index (χ2n) is 5.75. The number of methoxy groups -OCH3 is 1. The van der Waals surface area contributed by atoms with Gasteiger partial charge in [-0.25, -0.2) is 4.90 Å². The highest BCUT2D eigenvalue weighted by Crippen LogP contribution is 2.39. The van der Waals surface area contributed by atoms with Crippen molar-refractivity contribution in [1.29, 1.82) is 0 Å². The van der Waals surface area contributed by atoms with Crippen molar-refractivity contribution in [3.63, 3.8) is 0 Å². The van der Waals surface area contributed by atoms with Crippen molar-refractivity contribution in [2.24, 2.45) is 4.99 Å². The highest BCUT2D eigenvalue weighted by molar-refractivity contribution is 6.13. The Balaban J connectivity index is 1.45. The van der Waals surface area contributed by atoms with Gasteiger partial charge in [0.15, 0.2) is 0 Å². The van der Waals surface area contributed by atoms with Crippen LogP contribution in [0.2, 0.25) is 0 Å². The zero-order valence-corrected chi connectivity index (χ0v) is 12.7. The third-order valence-corrected chi connectivity index (χ3v) is 4.05. The molecule has 2 heterocycles. The minimum Gasteiger partial charge on any atom is -0.497 e. The number of rotatable bonds is 5. The van der Waals surface area contributed by atoms with Gasteiger partial charge in [-0.3, -0.25) is 9.79 Å². The largest absolute Gasteiger partial charge is 0.497 e. The summed E-state index contributed by atoms with van der Waals surface area (Å²) >= 11 is 0. The van der Waals surface area contributed by atoms with Gasteiger partial charge in [-0.05, 0) is 35.7 Å². The second kappa shape index (κ2) is 5.49. The summed E-state index contributed by atoms with van der Waals surface area (Å²) in [5.74, 6) is 1.90. The Labute approximate surface area is 133 Å². The van der Waals surface area contributed by atoms with E-state index in [2.05, 4.69) is 15.1 Å². The Morgan fingerprint density at radius 1 is 1.30 bits per heavy atom. The SMILES string of the molecule is COc1ccc(CC2N=CN(c3noc(C4CC4)n3)C2=O)cc1. The summed E-state index contributed by atoms with van der Waals surface area (Å²) in [6.45, 7) is 0. The Hall–Kier alpha value is -2.70. The number of carbonyl (C=O) groups is 1. The zero-order valence-electron chi connectivity index (χ0n) is 12.7. The monoisotopic (exact) mass is 312 g/mol. The molecule has 1 fully saturated rings. The van der Waals surface area contributed by atoms with Crippen molar-refractivity contribution < 1.29 is 14.1 Å². The molecule has 1 unspecified atom stereocenters. The third kappa shape index (κ3) is 2.69. The van der Waals surface area contributed by atoms with Gasteiger partial charge < -0.3 is 9.26 Å². The van der Waals surface area contributed by atoms with Crippen molar-refractivity contribution >= 4 is 18.2 Å². The molecule has 2 aliphatic rings. The fraction of sp³-hybridized carbons (Fsp3) is 0.375. The molecule has 7 nitrogen and oxygen atoms in total. The molecule has 0 radical (unpaired) electrons. The Bertz CT molecular complexity index is 749. The first-order chi connectivity index (χ1) is 11.2. The van der Waals surface area contributed by atoms with Crippen LogP contribution in [0.15, 0.2) is 33.8 Å². The number of ether oxygens (including phenoxy) is 1. The third-order valence-electron chi connectivity index (χ3n) is 4.05. The van der Waals surface area contributed by atoms with E-state index in [4.69, 9.17) is 9.26 Å². The van der Waals surface area contributed by atoms with Gasteiger partial charge in [0, 0.05) is 12.3 Å². The van der Waals surface area contributed by atoms with Crippen molar-refractivity contribution in [2.45, 2.75) is 31.2 Å². The molecule has 4 rings (SSSR count). The minimum absolute atomic E-state index is 0.135. The van der Waals surface area contributed by atoms with Crippen LogP contribution < -0.4 is 9.64 Å². The quantitative estimate of drug-likeness (QED) is 0.843. The van der Waals surface area contributed by atoms with Crippen LogP contribution in [0.1, 0.15) is 30.2 Å². The number of hydrogen-bond donors (Lipinski definition) is 0. The number of anilines is 1. The fourth-order valence-corrected chi connectivity index (χ4v) is 2.52. The lowest BCUT2D eigenvalue weighted by molar-refractivity contribution is -0.118. The molecule has 0 spiro atoms. The number of nitrogens with zero attached hydrogens (tertiary/aromatic N) is 4. The van der Waals surface area contributed by atoms with E-state index in [-0.39, 0.29) is 11.9 Å². The van der Waals surface area contributed by atoms with Crippen LogP contribution in [0, 0.1) is 0 Å². The normalized spacial score (nSPS) is 20.3. The molecule has 1 atom stereocenters. The average Bonchev–Trinajstić information content (AvgIpc) is 3.21. The molecule has 1 saturated carbocycles. The minimum atomic E-state index is -0.453. The average molecular weight is 312 g/mol. The Kier molecular flexibility index (Phi) is 3.33. The van der Waals surface area contributed by atoms with Crippen molar-refractivity contribution in [3.8, 4) is 5.75 Å². The molecule has 1 aromatic heterocycles. The predicted molar refractivity (Wildman–Crippen MR) is 82.7 cm³/mol. The summed E-state index contributed by atoms with van der Waals surface area (Å²) < 4.78 is 10.3. The topological polar surface area (TPSA) is 80.8 Å². The number of amides is 1. The number of hydrogen-bond acceptors (Lipinski definition) is 6. The van der Waals surface area contributed by atoms with E-state index >= 15 is 0 Å². The van der Waals surface area contributed by atoms with E-state index in [1.807, 2.05) is 24.3 Å². The zero-order chi connectivity index (χ0) is 15.8. The lowest BCUT2D eigenvalue weighted by Gasteiger charge is -2.10. The number of aliphatic imine (C=N–C) groups is 1. The van der Waals surface area contributed by atoms with Crippen molar-refractivity contribution in [2.75, 3.05) is 12.0 Å². The summed E-state index contributed by atoms with van der Waals surface area (Å²) in [6, 6.07) is 7.16. The van der Waals surface area contributed by atoms with E-state index in [1.165, 1.54) is 11.2 Å². The molecule has 2 aromatic rings. The first kappa shape index (κ1) is 13.9. The summed E-state index contributed by atoms with van der Waals surface area (Å²) in [6.07, 6.45) is 4.16. The molecule has 0 N–H and O–H groups in total. The first-order valence-electron chi connectivity index (χ1n) is 7.57. The van der Waals surface area contributed by atoms with Gasteiger partial charge in [0.05, 0.1) is 7.11 Å². The molecule has 7 heteroatoms. The van der Waals surface area contributed by atoms with Crippen molar-refractivity contribution in [1.82, 2.24) is 10.1 Å². The van der Waals surface area contributed by atoms with Gasteiger partial charge in [-0.1, -0.05) is 12.1 Å². The van der Waals surface area contributed by atoms with Gasteiger partial charge in [0.1, 0.15) is 18.1 Å². The molecule has 1 aliphatic carbocycles. The lowest BCUT2D eigenvalue weighted by atomic mass is 10.1. The Morgan fingerprint density at radius 3 is 2.78 bits per heavy atom. The summed E-state index contributed by atoms with van der Waals surface area (Å²) in [5.41, 5.74) is 1.02. The highest BCUT2D eigenvalue weighted by atomic mass is 16.5. The van der Waals surface area contributed by atoms with Crippen molar-refractivity contribution in [3.05, 3.63) is 35.7 Å². The maximum Gasteiger partial charge on any atom is 0.278 e. The molecular formula is C16H16N4O3. The van der Waals surface area contributed by atoms with E-state index in [0.717, 1.165) is 24.2 Å². The van der Waals surface area contributed by atoms with E-state index < -0.39 is 6.04 Å². The molecule has 1 aliphatic heterocycles. The van der Waals surface area contributed by atoms with Crippen LogP contribution in [-0.4, -0.2) is 35.5 Å². The van der Waals surface area contributed by atoms with Gasteiger partial charge >= 0.3 is 0 Å². The molecule has 0 bridgehead atoms. The van der Waals surface area contributed by atoms with Gasteiger partial charge in [0.25, 0.3) is 11.9 Å². The maximum absolute atomic E-state index is 12.5. The van der Waals surface area contributed by atoms with Crippen LogP contribution in [-0.2, 0) is 11.2 Å². The predicted octanol–water partition coefficient (Wildman–Crippen LogP) is 1.94. The van der Waals surface area contributed by atoms with Crippen LogP contribution in [0.5, 0.6) is 5.75 Å². The molecule has 23 heavy (non-hydrogen) atoms. The molecule has 1 amide bonds. The fourth-order valence-electron chi connectivity index (χ4n) is 2.52. The summed E-state index contributed by atoms with van der Waals surface area (Å²) in [5, 5.41) is 3.89. The van der Waals surface area contributed by atoms with E-state index in [1.54, 1.807) is 7.11 Å². The first-order valence-corrected chi connectivity index (χ1v) is 7.57. The smallest absolute Gasteiger partial charge is 0.278 e. The van der Waals surface area contributed by atoms with E-state index in [0.29, 0.717) is 18.2 Å². The van der Waals surface area contributed by atoms with Crippen LogP contribution in [0.3, 0.4) is 0 Å². The summed E-state index contributed by atoms with van der Waals surface area (Å²) in [7, 11) is 1.62. The van der Waals surface area contributed by atoms with Gasteiger partial charge in [0.2, 0.25) is 5.89 Å². The number of carbonyl (C=O) groups excluding carboxylic acids is 1. The highest BCUT2D eigenvalue weighted by Gasteiger charge is 2.35. The number of benzene rings is 1. The molecular weight excluding hydrogens is 296 g/mol. The van der Waals surface area contributed by atoms with Crippen LogP contribution >= 0.6 is 0 Å². The maximum atomic E-state index is 12.5. The molecule has 1 aromatic carbocycles. The van der Waals surface area contributed by atoms with E-state index in [9.17, 15) is 4.79 Å². The molecule has 0 saturated heterocycles.